The van der Waals surface area contributed by atoms with Crippen LogP contribution in [0.1, 0.15) is 0 Å². The molecule has 0 atom stereocenters. The SMILES string of the molecule is COC(=O)C1=C(C(=O)OC)N(c2cc(Cl)ccc2OC)COC1. The van der Waals surface area contributed by atoms with Crippen molar-refractivity contribution in [2.75, 3.05) is 39.6 Å². The van der Waals surface area contributed by atoms with Crippen LogP contribution in [0.25, 0.3) is 0 Å². The lowest BCUT2D eigenvalue weighted by Gasteiger charge is -2.32. The highest BCUT2D eigenvalue weighted by Gasteiger charge is 2.33. The fraction of sp³-hybridized carbons (Fsp3) is 0.333. The molecule has 0 saturated carbocycles. The Bertz CT molecular complexity index is 657. The molecule has 0 amide bonds. The molecule has 0 fully saturated rings. The second kappa shape index (κ2) is 7.34. The molecular weight excluding hydrogens is 326 g/mol. The van der Waals surface area contributed by atoms with E-state index in [0.29, 0.717) is 16.5 Å². The number of hydrogen-bond acceptors (Lipinski definition) is 7. The number of esters is 2. The van der Waals surface area contributed by atoms with Crippen LogP contribution in [0, 0.1) is 0 Å². The fourth-order valence-electron chi connectivity index (χ4n) is 2.21. The highest BCUT2D eigenvalue weighted by atomic mass is 35.5. The molecule has 0 aromatic heterocycles. The number of carbonyl (C=O) groups excluding carboxylic acids is 2. The molecule has 124 valence electrons. The Kier molecular flexibility index (Phi) is 5.46. The molecule has 0 saturated heterocycles. The van der Waals surface area contributed by atoms with Crippen LogP contribution in [-0.4, -0.2) is 46.6 Å². The number of nitrogens with zero attached hydrogens (tertiary/aromatic N) is 1. The Morgan fingerprint density at radius 3 is 2.48 bits per heavy atom. The maximum absolute atomic E-state index is 12.2. The summed E-state index contributed by atoms with van der Waals surface area (Å²) in [6, 6.07) is 4.91. The van der Waals surface area contributed by atoms with Gasteiger partial charge in [0.25, 0.3) is 0 Å². The van der Waals surface area contributed by atoms with Crippen molar-refractivity contribution in [2.45, 2.75) is 0 Å². The molecule has 0 unspecified atom stereocenters. The number of benzene rings is 1. The van der Waals surface area contributed by atoms with E-state index in [2.05, 4.69) is 0 Å². The van der Waals surface area contributed by atoms with Crippen molar-refractivity contribution in [2.24, 2.45) is 0 Å². The minimum Gasteiger partial charge on any atom is -0.495 e. The number of methoxy groups -OCH3 is 3. The minimum absolute atomic E-state index is 0.0294. The van der Waals surface area contributed by atoms with Crippen LogP contribution in [0.3, 0.4) is 0 Å². The lowest BCUT2D eigenvalue weighted by atomic mass is 10.1. The summed E-state index contributed by atoms with van der Waals surface area (Å²) in [7, 11) is 3.94. The van der Waals surface area contributed by atoms with Crippen molar-refractivity contribution in [1.29, 1.82) is 0 Å². The molecule has 0 spiro atoms. The molecule has 0 radical (unpaired) electrons. The normalized spacial score (nSPS) is 14.5. The topological polar surface area (TPSA) is 74.3 Å². The number of hydrogen-bond donors (Lipinski definition) is 0. The Morgan fingerprint density at radius 1 is 1.17 bits per heavy atom. The van der Waals surface area contributed by atoms with Crippen LogP contribution >= 0.6 is 11.6 Å². The number of ether oxygens (including phenoxy) is 4. The van der Waals surface area contributed by atoms with Crippen LogP contribution in [0.15, 0.2) is 29.5 Å². The summed E-state index contributed by atoms with van der Waals surface area (Å²) in [6.45, 7) is -0.0296. The zero-order chi connectivity index (χ0) is 17.0. The second-order valence-corrected chi connectivity index (χ2v) is 4.97. The first-order valence-corrected chi connectivity index (χ1v) is 6.99. The third kappa shape index (κ3) is 3.40. The number of anilines is 1. The number of rotatable bonds is 4. The van der Waals surface area contributed by atoms with Crippen LogP contribution < -0.4 is 9.64 Å². The van der Waals surface area contributed by atoms with Crippen molar-refractivity contribution in [1.82, 2.24) is 0 Å². The largest absolute Gasteiger partial charge is 0.495 e. The van der Waals surface area contributed by atoms with Crippen molar-refractivity contribution in [3.8, 4) is 5.75 Å². The van der Waals surface area contributed by atoms with Gasteiger partial charge in [-0.25, -0.2) is 9.59 Å². The van der Waals surface area contributed by atoms with E-state index in [1.807, 2.05) is 0 Å². The van der Waals surface area contributed by atoms with Crippen LogP contribution in [0.2, 0.25) is 5.02 Å². The van der Waals surface area contributed by atoms with Gasteiger partial charge < -0.3 is 23.8 Å². The Labute approximate surface area is 138 Å². The summed E-state index contributed by atoms with van der Waals surface area (Å²) in [5, 5.41) is 0.440. The van der Waals surface area contributed by atoms with Gasteiger partial charge in [0.05, 0.1) is 39.2 Å². The zero-order valence-electron chi connectivity index (χ0n) is 12.9. The first kappa shape index (κ1) is 17.1. The lowest BCUT2D eigenvalue weighted by Crippen LogP contribution is -2.39. The smallest absolute Gasteiger partial charge is 0.355 e. The van der Waals surface area contributed by atoms with Crippen molar-refractivity contribution >= 4 is 29.2 Å². The van der Waals surface area contributed by atoms with Gasteiger partial charge in [-0.15, -0.1) is 0 Å². The maximum Gasteiger partial charge on any atom is 0.355 e. The van der Waals surface area contributed by atoms with E-state index in [-0.39, 0.29) is 24.6 Å². The Hall–Kier alpha value is -2.25. The summed E-state index contributed by atoms with van der Waals surface area (Å²) in [5.74, 6) is -0.891. The molecule has 0 bridgehead atoms. The van der Waals surface area contributed by atoms with Gasteiger partial charge in [0.1, 0.15) is 18.2 Å². The van der Waals surface area contributed by atoms with Gasteiger partial charge in [0, 0.05) is 5.02 Å². The first-order chi connectivity index (χ1) is 11.0. The van der Waals surface area contributed by atoms with Gasteiger partial charge in [-0.3, -0.25) is 0 Å². The standard InChI is InChI=1S/C15H16ClNO6/c1-20-12-5-4-9(16)6-11(12)17-8-23-7-10(14(18)21-2)13(17)15(19)22-3/h4-6H,7-8H2,1-3H3. The zero-order valence-corrected chi connectivity index (χ0v) is 13.7. The molecule has 1 aromatic rings. The predicted octanol–water partition coefficient (Wildman–Crippen LogP) is 1.74. The molecule has 1 heterocycles. The monoisotopic (exact) mass is 341 g/mol. The molecular formula is C15H16ClNO6. The molecule has 2 rings (SSSR count). The molecule has 8 heteroatoms. The van der Waals surface area contributed by atoms with Crippen molar-refractivity contribution < 1.29 is 28.5 Å². The Morgan fingerprint density at radius 2 is 1.87 bits per heavy atom. The average Bonchev–Trinajstić information content (AvgIpc) is 2.59. The Balaban J connectivity index is 2.62. The third-order valence-corrected chi connectivity index (χ3v) is 3.50. The maximum atomic E-state index is 12.2. The highest BCUT2D eigenvalue weighted by molar-refractivity contribution is 6.31. The van der Waals surface area contributed by atoms with Crippen LogP contribution in [0.5, 0.6) is 5.75 Å². The average molecular weight is 342 g/mol. The highest BCUT2D eigenvalue weighted by Crippen LogP contribution is 2.35. The van der Waals surface area contributed by atoms with E-state index >= 15 is 0 Å². The molecule has 1 aromatic carbocycles. The molecule has 1 aliphatic rings. The number of carbonyl (C=O) groups is 2. The predicted molar refractivity (Wildman–Crippen MR) is 82.4 cm³/mol. The van der Waals surface area contributed by atoms with E-state index < -0.39 is 11.9 Å². The van der Waals surface area contributed by atoms with E-state index in [9.17, 15) is 9.59 Å². The molecule has 0 N–H and O–H groups in total. The summed E-state index contributed by atoms with van der Waals surface area (Å²) >= 11 is 6.03. The summed E-state index contributed by atoms with van der Waals surface area (Å²) < 4.78 is 20.2. The summed E-state index contributed by atoms with van der Waals surface area (Å²) in [6.07, 6.45) is 0. The van der Waals surface area contributed by atoms with Gasteiger partial charge in [-0.2, -0.15) is 0 Å². The van der Waals surface area contributed by atoms with Gasteiger partial charge >= 0.3 is 11.9 Å². The first-order valence-electron chi connectivity index (χ1n) is 6.62. The quantitative estimate of drug-likeness (QED) is 0.772. The van der Waals surface area contributed by atoms with E-state index in [1.165, 1.54) is 26.2 Å². The third-order valence-electron chi connectivity index (χ3n) is 3.26. The molecule has 7 nitrogen and oxygen atoms in total. The lowest BCUT2D eigenvalue weighted by molar-refractivity contribution is -0.140. The molecule has 1 aliphatic heterocycles. The van der Waals surface area contributed by atoms with Crippen molar-refractivity contribution in [3.05, 3.63) is 34.5 Å². The summed E-state index contributed by atoms with van der Waals surface area (Å²) in [4.78, 5) is 25.6. The van der Waals surface area contributed by atoms with Crippen LogP contribution in [-0.2, 0) is 23.8 Å². The van der Waals surface area contributed by atoms with Gasteiger partial charge in [0.15, 0.2) is 0 Å². The van der Waals surface area contributed by atoms with Gasteiger partial charge in [-0.1, -0.05) is 11.6 Å². The fourth-order valence-corrected chi connectivity index (χ4v) is 2.37. The molecule has 23 heavy (non-hydrogen) atoms. The van der Waals surface area contributed by atoms with E-state index in [4.69, 9.17) is 30.5 Å². The summed E-state index contributed by atoms with van der Waals surface area (Å²) in [5.41, 5.74) is 0.570. The second-order valence-electron chi connectivity index (χ2n) is 4.53. The molecule has 0 aliphatic carbocycles. The van der Waals surface area contributed by atoms with Gasteiger partial charge in [0.2, 0.25) is 0 Å². The van der Waals surface area contributed by atoms with Crippen molar-refractivity contribution in [3.63, 3.8) is 0 Å². The van der Waals surface area contributed by atoms with Crippen LogP contribution in [0.4, 0.5) is 5.69 Å². The van der Waals surface area contributed by atoms with E-state index in [1.54, 1.807) is 18.2 Å². The van der Waals surface area contributed by atoms with Gasteiger partial charge in [-0.05, 0) is 18.2 Å². The number of halogens is 1. The minimum atomic E-state index is -0.685. The van der Waals surface area contributed by atoms with E-state index in [0.717, 1.165) is 0 Å².